The minimum Gasteiger partial charge on any atom is -0.380 e. The second-order valence-corrected chi connectivity index (χ2v) is 5.85. The maximum absolute atomic E-state index is 5.70. The van der Waals surface area contributed by atoms with Gasteiger partial charge in [-0.1, -0.05) is 13.8 Å². The van der Waals surface area contributed by atoms with Crippen molar-refractivity contribution in [3.05, 3.63) is 0 Å². The predicted octanol–water partition coefficient (Wildman–Crippen LogP) is 2.90. The van der Waals surface area contributed by atoms with E-state index in [-0.39, 0.29) is 0 Å². The summed E-state index contributed by atoms with van der Waals surface area (Å²) in [6.07, 6.45) is 2.36. The smallest absolute Gasteiger partial charge is 0.0593 e. The fourth-order valence-corrected chi connectivity index (χ4v) is 2.10. The lowest BCUT2D eigenvalue weighted by Crippen LogP contribution is -2.39. The predicted molar refractivity (Wildman–Crippen MR) is 80.2 cm³/mol. The van der Waals surface area contributed by atoms with Gasteiger partial charge in [0.25, 0.3) is 0 Å². The van der Waals surface area contributed by atoms with E-state index in [1.807, 2.05) is 0 Å². The monoisotopic (exact) mass is 258 g/mol. The van der Waals surface area contributed by atoms with E-state index in [0.717, 1.165) is 32.7 Å². The second kappa shape index (κ2) is 10.8. The molecule has 0 heterocycles. The summed E-state index contributed by atoms with van der Waals surface area (Å²) < 4.78 is 5.70. The summed E-state index contributed by atoms with van der Waals surface area (Å²) in [5.41, 5.74) is 0. The summed E-state index contributed by atoms with van der Waals surface area (Å²) in [6.45, 7) is 17.2. The van der Waals surface area contributed by atoms with Crippen LogP contribution in [0.15, 0.2) is 0 Å². The van der Waals surface area contributed by atoms with E-state index < -0.39 is 0 Å². The molecule has 0 saturated heterocycles. The van der Waals surface area contributed by atoms with Gasteiger partial charge >= 0.3 is 0 Å². The molecule has 1 N–H and O–H groups in total. The van der Waals surface area contributed by atoms with E-state index in [1.165, 1.54) is 6.42 Å². The molecule has 0 spiro atoms. The molecule has 0 rings (SSSR count). The van der Waals surface area contributed by atoms with E-state index >= 15 is 0 Å². The molecule has 3 heteroatoms. The van der Waals surface area contributed by atoms with Crippen molar-refractivity contribution < 1.29 is 4.74 Å². The molecule has 0 aliphatic rings. The van der Waals surface area contributed by atoms with Crippen molar-refractivity contribution in [2.75, 3.05) is 26.3 Å². The number of nitrogens with zero attached hydrogens (tertiary/aromatic N) is 1. The van der Waals surface area contributed by atoms with Gasteiger partial charge in [0.1, 0.15) is 0 Å². The molecule has 0 unspecified atom stereocenters. The van der Waals surface area contributed by atoms with Crippen LogP contribution < -0.4 is 5.32 Å². The number of hydrogen-bond donors (Lipinski definition) is 1. The number of unbranched alkanes of at least 4 members (excludes halogenated alkanes) is 1. The van der Waals surface area contributed by atoms with Crippen LogP contribution in [0.3, 0.4) is 0 Å². The molecule has 0 amide bonds. The third kappa shape index (κ3) is 9.86. The van der Waals surface area contributed by atoms with Crippen LogP contribution in [0, 0.1) is 0 Å². The number of hydrogen-bond acceptors (Lipinski definition) is 3. The van der Waals surface area contributed by atoms with Crippen LogP contribution in [0.4, 0.5) is 0 Å². The van der Waals surface area contributed by atoms with Crippen LogP contribution in [0.5, 0.6) is 0 Å². The van der Waals surface area contributed by atoms with Crippen LogP contribution in [-0.2, 0) is 4.74 Å². The normalized spacial score (nSPS) is 12.3. The van der Waals surface area contributed by atoms with Crippen molar-refractivity contribution in [1.82, 2.24) is 10.2 Å². The first-order valence-electron chi connectivity index (χ1n) is 7.52. The standard InChI is InChI=1S/C15H34N2O/c1-13(2)16-9-7-8-11-18-12-10-17(14(3)4)15(5)6/h13-16H,7-12H2,1-6H3. The van der Waals surface area contributed by atoms with Gasteiger partial charge in [-0.3, -0.25) is 4.90 Å². The average Bonchev–Trinajstić information content (AvgIpc) is 2.25. The van der Waals surface area contributed by atoms with Crippen LogP contribution in [0.1, 0.15) is 54.4 Å². The third-order valence-corrected chi connectivity index (χ3v) is 3.09. The Labute approximate surface area is 114 Å². The van der Waals surface area contributed by atoms with Gasteiger partial charge in [0.05, 0.1) is 6.61 Å². The third-order valence-electron chi connectivity index (χ3n) is 3.09. The highest BCUT2D eigenvalue weighted by molar-refractivity contribution is 4.66. The Balaban J connectivity index is 3.39. The van der Waals surface area contributed by atoms with E-state index in [4.69, 9.17) is 4.74 Å². The van der Waals surface area contributed by atoms with E-state index in [2.05, 4.69) is 51.8 Å². The average molecular weight is 258 g/mol. The van der Waals surface area contributed by atoms with Gasteiger partial charge in [0, 0.05) is 31.3 Å². The van der Waals surface area contributed by atoms with E-state index in [0.29, 0.717) is 18.1 Å². The van der Waals surface area contributed by atoms with Crippen LogP contribution in [0.25, 0.3) is 0 Å². The highest BCUT2D eigenvalue weighted by Gasteiger charge is 2.12. The van der Waals surface area contributed by atoms with Crippen LogP contribution in [-0.4, -0.2) is 49.3 Å². The van der Waals surface area contributed by atoms with Crippen molar-refractivity contribution in [3.63, 3.8) is 0 Å². The lowest BCUT2D eigenvalue weighted by Gasteiger charge is -2.30. The SMILES string of the molecule is CC(C)NCCCCOCCN(C(C)C)C(C)C. The number of nitrogens with one attached hydrogen (secondary N) is 1. The summed E-state index contributed by atoms with van der Waals surface area (Å²) in [7, 11) is 0. The van der Waals surface area contributed by atoms with Gasteiger partial charge in [-0.25, -0.2) is 0 Å². The molecule has 0 aromatic carbocycles. The number of rotatable bonds is 11. The molecule has 18 heavy (non-hydrogen) atoms. The van der Waals surface area contributed by atoms with Gasteiger partial charge in [-0.05, 0) is 47.1 Å². The molecule has 0 aromatic rings. The van der Waals surface area contributed by atoms with Gasteiger partial charge < -0.3 is 10.1 Å². The molecule has 0 aliphatic carbocycles. The zero-order chi connectivity index (χ0) is 14.0. The van der Waals surface area contributed by atoms with Crippen LogP contribution >= 0.6 is 0 Å². The molecule has 0 aliphatic heterocycles. The topological polar surface area (TPSA) is 24.5 Å². The molecule has 3 nitrogen and oxygen atoms in total. The summed E-state index contributed by atoms with van der Waals surface area (Å²) in [4.78, 5) is 2.47. The first-order valence-corrected chi connectivity index (χ1v) is 7.52. The second-order valence-electron chi connectivity index (χ2n) is 5.85. The van der Waals surface area contributed by atoms with E-state index in [9.17, 15) is 0 Å². The molecule has 0 atom stereocenters. The Hall–Kier alpha value is -0.120. The molecule has 0 aromatic heterocycles. The van der Waals surface area contributed by atoms with Gasteiger partial charge in [0.15, 0.2) is 0 Å². The lowest BCUT2D eigenvalue weighted by atomic mass is 10.2. The molecular formula is C15H34N2O. The first kappa shape index (κ1) is 17.9. The zero-order valence-corrected chi connectivity index (χ0v) is 13.3. The quantitative estimate of drug-likeness (QED) is 0.577. The Morgan fingerprint density at radius 1 is 0.889 bits per heavy atom. The largest absolute Gasteiger partial charge is 0.380 e. The highest BCUT2D eigenvalue weighted by Crippen LogP contribution is 2.04. The van der Waals surface area contributed by atoms with Crippen LogP contribution in [0.2, 0.25) is 0 Å². The van der Waals surface area contributed by atoms with E-state index in [1.54, 1.807) is 0 Å². The summed E-state index contributed by atoms with van der Waals surface area (Å²) >= 11 is 0. The Kier molecular flexibility index (Phi) is 10.7. The maximum Gasteiger partial charge on any atom is 0.0593 e. The summed E-state index contributed by atoms with van der Waals surface area (Å²) in [6, 6.07) is 1.80. The van der Waals surface area contributed by atoms with Gasteiger partial charge in [0.2, 0.25) is 0 Å². The Morgan fingerprint density at radius 3 is 2.00 bits per heavy atom. The van der Waals surface area contributed by atoms with Gasteiger partial charge in [-0.2, -0.15) is 0 Å². The van der Waals surface area contributed by atoms with Crippen molar-refractivity contribution in [3.8, 4) is 0 Å². The molecule has 0 fully saturated rings. The van der Waals surface area contributed by atoms with Gasteiger partial charge in [-0.15, -0.1) is 0 Å². The fraction of sp³-hybridized carbons (Fsp3) is 1.00. The van der Waals surface area contributed by atoms with Crippen molar-refractivity contribution in [2.45, 2.75) is 72.5 Å². The highest BCUT2D eigenvalue weighted by atomic mass is 16.5. The molecule has 0 saturated carbocycles. The Morgan fingerprint density at radius 2 is 1.50 bits per heavy atom. The van der Waals surface area contributed by atoms with Crippen molar-refractivity contribution >= 4 is 0 Å². The molecule has 110 valence electrons. The first-order chi connectivity index (χ1) is 8.45. The fourth-order valence-electron chi connectivity index (χ4n) is 2.10. The number of ether oxygens (including phenoxy) is 1. The summed E-state index contributed by atoms with van der Waals surface area (Å²) in [5, 5.41) is 3.42. The zero-order valence-electron chi connectivity index (χ0n) is 13.3. The molecular weight excluding hydrogens is 224 g/mol. The maximum atomic E-state index is 5.70. The Bertz CT molecular complexity index is 173. The minimum absolute atomic E-state index is 0.594. The molecule has 0 radical (unpaired) electrons. The van der Waals surface area contributed by atoms with Crippen molar-refractivity contribution in [1.29, 1.82) is 0 Å². The minimum atomic E-state index is 0.594. The summed E-state index contributed by atoms with van der Waals surface area (Å²) in [5.74, 6) is 0. The van der Waals surface area contributed by atoms with Crippen molar-refractivity contribution in [2.24, 2.45) is 0 Å². The molecule has 0 bridgehead atoms. The lowest BCUT2D eigenvalue weighted by molar-refractivity contribution is 0.0766.